The van der Waals surface area contributed by atoms with Gasteiger partial charge in [-0.15, -0.1) is 0 Å². The van der Waals surface area contributed by atoms with Crippen molar-refractivity contribution in [2.45, 2.75) is 19.9 Å². The predicted molar refractivity (Wildman–Crippen MR) is 126 cm³/mol. The summed E-state index contributed by atoms with van der Waals surface area (Å²) >= 11 is 0. The van der Waals surface area contributed by atoms with Crippen molar-refractivity contribution in [1.82, 2.24) is 0 Å². The molecule has 1 atom stereocenters. The van der Waals surface area contributed by atoms with Crippen LogP contribution < -0.4 is 9.64 Å². The quantitative estimate of drug-likeness (QED) is 0.300. The van der Waals surface area contributed by atoms with E-state index in [1.807, 2.05) is 13.8 Å². The van der Waals surface area contributed by atoms with Crippen molar-refractivity contribution in [1.29, 1.82) is 0 Å². The number of hydrogen-bond acceptors (Lipinski definition) is 5. The number of ketones is 1. The Kier molecular flexibility index (Phi) is 6.36. The van der Waals surface area contributed by atoms with E-state index in [0.29, 0.717) is 29.4 Å². The number of Topliss-reactive ketones (excluding diaryl/α,β-unsaturated/α-hetero) is 1. The third-order valence-corrected chi connectivity index (χ3v) is 5.41. The Morgan fingerprint density at radius 1 is 1.03 bits per heavy atom. The number of benzene rings is 3. The van der Waals surface area contributed by atoms with Crippen LogP contribution in [0.5, 0.6) is 11.5 Å². The zero-order chi connectivity index (χ0) is 24.4. The van der Waals surface area contributed by atoms with Crippen molar-refractivity contribution in [2.75, 3.05) is 11.5 Å². The number of hydrogen-bond donors (Lipinski definition) is 2. The summed E-state index contributed by atoms with van der Waals surface area (Å²) in [5, 5.41) is 21.3. The van der Waals surface area contributed by atoms with Crippen molar-refractivity contribution in [3.63, 3.8) is 0 Å². The summed E-state index contributed by atoms with van der Waals surface area (Å²) in [6.07, 6.45) is 0. The lowest BCUT2D eigenvalue weighted by Crippen LogP contribution is -2.29. The highest BCUT2D eigenvalue weighted by atomic mass is 19.1. The largest absolute Gasteiger partial charge is 0.508 e. The van der Waals surface area contributed by atoms with Gasteiger partial charge in [0.2, 0.25) is 0 Å². The minimum absolute atomic E-state index is 0.0774. The first-order valence-electron chi connectivity index (χ1n) is 10.8. The summed E-state index contributed by atoms with van der Waals surface area (Å²) in [7, 11) is 0. The number of aromatic hydroxyl groups is 1. The van der Waals surface area contributed by atoms with Crippen molar-refractivity contribution in [3.8, 4) is 11.5 Å². The number of aliphatic hydroxyl groups is 1. The maximum absolute atomic E-state index is 14.0. The molecule has 3 aromatic carbocycles. The fourth-order valence-corrected chi connectivity index (χ4v) is 3.89. The van der Waals surface area contributed by atoms with E-state index in [9.17, 15) is 24.2 Å². The van der Waals surface area contributed by atoms with Crippen molar-refractivity contribution < 1.29 is 28.9 Å². The van der Waals surface area contributed by atoms with E-state index in [1.165, 1.54) is 30.3 Å². The van der Waals surface area contributed by atoms with E-state index in [0.717, 1.165) is 11.0 Å². The van der Waals surface area contributed by atoms with Crippen LogP contribution >= 0.6 is 0 Å². The first-order valence-corrected chi connectivity index (χ1v) is 10.8. The second kappa shape index (κ2) is 9.39. The van der Waals surface area contributed by atoms with Gasteiger partial charge in [0, 0.05) is 11.3 Å². The number of ether oxygens (including phenoxy) is 1. The lowest BCUT2D eigenvalue weighted by Gasteiger charge is -2.25. The van der Waals surface area contributed by atoms with Crippen LogP contribution in [-0.4, -0.2) is 28.5 Å². The Morgan fingerprint density at radius 2 is 1.76 bits per heavy atom. The Bertz CT molecular complexity index is 1280. The number of halogens is 1. The van der Waals surface area contributed by atoms with Crippen LogP contribution in [0.1, 0.15) is 31.0 Å². The molecular formula is C27H24FNO5. The van der Waals surface area contributed by atoms with E-state index in [1.54, 1.807) is 36.4 Å². The number of anilines is 1. The molecule has 0 aliphatic carbocycles. The predicted octanol–water partition coefficient (Wildman–Crippen LogP) is 5.19. The summed E-state index contributed by atoms with van der Waals surface area (Å²) in [6, 6.07) is 16.9. The highest BCUT2D eigenvalue weighted by Gasteiger charge is 2.47. The number of phenols is 1. The smallest absolute Gasteiger partial charge is 0.300 e. The molecule has 174 valence electrons. The summed E-state index contributed by atoms with van der Waals surface area (Å²) < 4.78 is 19.7. The molecule has 1 heterocycles. The van der Waals surface area contributed by atoms with Crippen LogP contribution in [0, 0.1) is 11.7 Å². The maximum atomic E-state index is 14.0. The summed E-state index contributed by atoms with van der Waals surface area (Å²) in [6.45, 7) is 4.48. The molecule has 1 aliphatic rings. The molecule has 0 spiro atoms. The zero-order valence-electron chi connectivity index (χ0n) is 18.7. The Balaban J connectivity index is 1.88. The average molecular weight is 461 g/mol. The minimum atomic E-state index is -1.07. The van der Waals surface area contributed by atoms with E-state index >= 15 is 0 Å². The number of nitrogens with zero attached hydrogens (tertiary/aromatic N) is 1. The lowest BCUT2D eigenvalue weighted by molar-refractivity contribution is -0.132. The van der Waals surface area contributed by atoms with Crippen molar-refractivity contribution in [2.24, 2.45) is 5.92 Å². The molecule has 6 nitrogen and oxygen atoms in total. The van der Waals surface area contributed by atoms with Gasteiger partial charge in [-0.2, -0.15) is 0 Å². The van der Waals surface area contributed by atoms with Gasteiger partial charge in [0.25, 0.3) is 11.7 Å². The molecule has 1 fully saturated rings. The van der Waals surface area contributed by atoms with E-state index in [4.69, 9.17) is 4.74 Å². The van der Waals surface area contributed by atoms with Crippen molar-refractivity contribution >= 4 is 23.1 Å². The maximum Gasteiger partial charge on any atom is 0.300 e. The number of phenolic OH excluding ortho intramolecular Hbond substituents is 1. The fourth-order valence-electron chi connectivity index (χ4n) is 3.89. The van der Waals surface area contributed by atoms with Gasteiger partial charge in [-0.25, -0.2) is 4.39 Å². The third kappa shape index (κ3) is 4.50. The second-order valence-electron chi connectivity index (χ2n) is 8.48. The van der Waals surface area contributed by atoms with Gasteiger partial charge >= 0.3 is 0 Å². The van der Waals surface area contributed by atoms with Crippen LogP contribution in [0.3, 0.4) is 0 Å². The number of aliphatic hydroxyl groups excluding tert-OH is 1. The highest BCUT2D eigenvalue weighted by molar-refractivity contribution is 6.51. The summed E-state index contributed by atoms with van der Waals surface area (Å²) in [4.78, 5) is 27.4. The van der Waals surface area contributed by atoms with Gasteiger partial charge < -0.3 is 14.9 Å². The van der Waals surface area contributed by atoms with Gasteiger partial charge in [-0.1, -0.05) is 44.2 Å². The molecule has 0 saturated carbocycles. The van der Waals surface area contributed by atoms with E-state index in [2.05, 4.69) is 0 Å². The highest BCUT2D eigenvalue weighted by Crippen LogP contribution is 2.43. The number of carbonyl (C=O) groups is 2. The molecule has 1 amide bonds. The first kappa shape index (κ1) is 23.0. The molecule has 4 rings (SSSR count). The Hall–Kier alpha value is -4.13. The number of carbonyl (C=O) groups excluding carboxylic acids is 2. The molecule has 3 aromatic rings. The van der Waals surface area contributed by atoms with Gasteiger partial charge in [-0.05, 0) is 53.9 Å². The molecular weight excluding hydrogens is 437 g/mol. The van der Waals surface area contributed by atoms with Gasteiger partial charge in [0.1, 0.15) is 23.1 Å². The van der Waals surface area contributed by atoms with Crippen molar-refractivity contribution in [3.05, 3.63) is 95.3 Å². The van der Waals surface area contributed by atoms with Crippen LogP contribution in [-0.2, 0) is 9.59 Å². The molecule has 34 heavy (non-hydrogen) atoms. The van der Waals surface area contributed by atoms with Crippen LogP contribution in [0.15, 0.2) is 78.4 Å². The van der Waals surface area contributed by atoms with Gasteiger partial charge in [0.15, 0.2) is 0 Å². The van der Waals surface area contributed by atoms with E-state index in [-0.39, 0.29) is 22.8 Å². The van der Waals surface area contributed by atoms with E-state index < -0.39 is 23.5 Å². The minimum Gasteiger partial charge on any atom is -0.508 e. The third-order valence-electron chi connectivity index (χ3n) is 5.41. The van der Waals surface area contributed by atoms with Crippen LogP contribution in [0.2, 0.25) is 0 Å². The van der Waals surface area contributed by atoms with Gasteiger partial charge in [-0.3, -0.25) is 14.5 Å². The molecule has 0 aromatic heterocycles. The molecule has 1 unspecified atom stereocenters. The average Bonchev–Trinajstić information content (AvgIpc) is 3.08. The lowest BCUT2D eigenvalue weighted by atomic mass is 9.95. The first-order chi connectivity index (χ1) is 16.3. The second-order valence-corrected chi connectivity index (χ2v) is 8.48. The van der Waals surface area contributed by atoms with Crippen LogP contribution in [0.25, 0.3) is 5.76 Å². The number of amides is 1. The molecule has 2 N–H and O–H groups in total. The molecule has 1 saturated heterocycles. The summed E-state index contributed by atoms with van der Waals surface area (Å²) in [5.74, 6) is -2.07. The topological polar surface area (TPSA) is 87.1 Å². The van der Waals surface area contributed by atoms with Gasteiger partial charge in [0.05, 0.1) is 18.2 Å². The SMILES string of the molecule is CC(C)COc1cccc(/C(O)=C2\C(=O)C(=O)N(c3cccc(F)c3)C2c2cccc(O)c2)c1. The fraction of sp³-hybridized carbons (Fsp3) is 0.185. The standard InChI is InChI=1S/C27H24FNO5/c1-16(2)15-34-22-11-4-7-18(13-22)25(31)23-24(17-6-3-10-21(30)12-17)29(27(33)26(23)32)20-9-5-8-19(28)14-20/h3-14,16,24,30-31H,15H2,1-2H3/b25-23+. The Morgan fingerprint density at radius 3 is 2.47 bits per heavy atom. The molecule has 0 radical (unpaired) electrons. The Labute approximate surface area is 196 Å². The molecule has 7 heteroatoms. The van der Waals surface area contributed by atoms with Crippen LogP contribution in [0.4, 0.5) is 10.1 Å². The number of rotatable bonds is 6. The molecule has 0 bridgehead atoms. The summed E-state index contributed by atoms with van der Waals surface area (Å²) in [5.41, 5.74) is 0.672. The zero-order valence-corrected chi connectivity index (χ0v) is 18.7. The molecule has 1 aliphatic heterocycles. The monoisotopic (exact) mass is 461 g/mol. The normalized spacial score (nSPS) is 17.4.